The number of carbonyl (C=O) groups is 4. The molecular weight excluding hydrogens is 620 g/mol. The van der Waals surface area contributed by atoms with Gasteiger partial charge in [-0.15, -0.1) is 0 Å². The number of aromatic nitrogens is 2. The zero-order chi connectivity index (χ0) is 34.8. The fourth-order valence-electron chi connectivity index (χ4n) is 6.52. The molecule has 3 aliphatic rings. The van der Waals surface area contributed by atoms with E-state index < -0.39 is 34.9 Å². The van der Waals surface area contributed by atoms with Crippen LogP contribution in [0.4, 0.5) is 20.2 Å². The summed E-state index contributed by atoms with van der Waals surface area (Å²) in [5.74, 6) is -0.275. The van der Waals surface area contributed by atoms with Crippen molar-refractivity contribution in [2.75, 3.05) is 31.5 Å². The summed E-state index contributed by atoms with van der Waals surface area (Å²) < 4.78 is 11.8. The molecule has 1 aromatic heterocycles. The third-order valence-corrected chi connectivity index (χ3v) is 8.91. The summed E-state index contributed by atoms with van der Waals surface area (Å²) in [5.41, 5.74) is 5.70. The average molecular weight is 667 g/mol. The lowest BCUT2D eigenvalue weighted by Gasteiger charge is -2.37. The van der Waals surface area contributed by atoms with Crippen LogP contribution in [-0.2, 0) is 27.4 Å². The van der Waals surface area contributed by atoms with Crippen molar-refractivity contribution in [3.05, 3.63) is 52.1 Å². The Bertz CT molecular complexity index is 1600. The topological polar surface area (TPSA) is 181 Å². The minimum absolute atomic E-state index is 0.115. The van der Waals surface area contributed by atoms with E-state index in [2.05, 4.69) is 20.5 Å². The first-order valence-corrected chi connectivity index (χ1v) is 16.4. The van der Waals surface area contributed by atoms with Crippen LogP contribution in [0.5, 0.6) is 0 Å². The maximum absolute atomic E-state index is 13.0. The molecule has 3 heterocycles. The van der Waals surface area contributed by atoms with Gasteiger partial charge in [0.15, 0.2) is 5.60 Å². The molecule has 0 bridgehead atoms. The van der Waals surface area contributed by atoms with E-state index in [1.807, 2.05) is 39.0 Å². The second kappa shape index (κ2) is 13.8. The number of nitrogens with two attached hydrogens (primary N) is 1. The van der Waals surface area contributed by atoms with Crippen LogP contribution in [-0.4, -0.2) is 97.8 Å². The highest BCUT2D eigenvalue weighted by molar-refractivity contribution is 5.89. The van der Waals surface area contributed by atoms with Crippen LogP contribution in [0.25, 0.3) is 5.69 Å². The third-order valence-electron chi connectivity index (χ3n) is 8.91. The third kappa shape index (κ3) is 8.43. The lowest BCUT2D eigenvalue weighted by molar-refractivity contribution is -0.149. The molecule has 48 heavy (non-hydrogen) atoms. The van der Waals surface area contributed by atoms with Gasteiger partial charge in [0, 0.05) is 57.5 Å². The van der Waals surface area contributed by atoms with Gasteiger partial charge < -0.3 is 30.3 Å². The molecule has 2 aliphatic heterocycles. The van der Waals surface area contributed by atoms with Gasteiger partial charge >= 0.3 is 23.9 Å². The summed E-state index contributed by atoms with van der Waals surface area (Å²) in [5, 5.41) is 5.68. The van der Waals surface area contributed by atoms with Crippen LogP contribution in [0.2, 0.25) is 0 Å². The fraction of sp³-hybridized carbons (Fsp3) is 0.576. The van der Waals surface area contributed by atoms with Gasteiger partial charge in [-0.05, 0) is 89.6 Å². The highest BCUT2D eigenvalue weighted by Gasteiger charge is 2.37. The largest absolute Gasteiger partial charge is 0.444 e. The Morgan fingerprint density at radius 1 is 0.875 bits per heavy atom. The molecule has 15 nitrogen and oxygen atoms in total. The van der Waals surface area contributed by atoms with E-state index in [1.54, 1.807) is 12.3 Å². The number of hydrogen-bond acceptors (Lipinski definition) is 9. The van der Waals surface area contributed by atoms with Gasteiger partial charge in [0.1, 0.15) is 11.4 Å². The Morgan fingerprint density at radius 2 is 1.52 bits per heavy atom. The Hall–Kier alpha value is -4.66. The van der Waals surface area contributed by atoms with Crippen molar-refractivity contribution in [1.29, 1.82) is 0 Å². The number of rotatable bonds is 6. The Balaban J connectivity index is 1.12. The van der Waals surface area contributed by atoms with Gasteiger partial charge in [0.2, 0.25) is 0 Å². The van der Waals surface area contributed by atoms with E-state index in [1.165, 1.54) is 33.8 Å². The molecule has 2 fully saturated rings. The molecule has 0 unspecified atom stereocenters. The number of amides is 5. The van der Waals surface area contributed by atoms with Crippen molar-refractivity contribution in [2.45, 2.75) is 96.7 Å². The zero-order valence-electron chi connectivity index (χ0n) is 28.3. The van der Waals surface area contributed by atoms with Crippen molar-refractivity contribution in [1.82, 2.24) is 29.6 Å². The second-order valence-corrected chi connectivity index (χ2v) is 14.1. The van der Waals surface area contributed by atoms with Gasteiger partial charge in [-0.3, -0.25) is 19.6 Å². The van der Waals surface area contributed by atoms with Gasteiger partial charge in [0.05, 0.1) is 5.69 Å². The number of primary amides is 1. The number of fused-ring (bicyclic) bond motifs is 1. The highest BCUT2D eigenvalue weighted by atomic mass is 16.6. The molecule has 260 valence electrons. The molecule has 5 amide bonds. The molecule has 0 atom stereocenters. The maximum Gasteiger partial charge on any atom is 0.407 e. The summed E-state index contributed by atoms with van der Waals surface area (Å²) in [6, 6.07) is 7.64. The summed E-state index contributed by atoms with van der Waals surface area (Å²) in [7, 11) is 0. The predicted molar refractivity (Wildman–Crippen MR) is 176 cm³/mol. The molecule has 0 spiro atoms. The number of urea groups is 1. The van der Waals surface area contributed by atoms with Crippen LogP contribution < -0.4 is 22.1 Å². The van der Waals surface area contributed by atoms with Crippen LogP contribution in [0.3, 0.4) is 0 Å². The quantitative estimate of drug-likeness (QED) is 0.418. The van der Waals surface area contributed by atoms with Crippen LogP contribution in [0.1, 0.15) is 71.4 Å². The Labute approximate surface area is 279 Å². The molecule has 4 N–H and O–H groups in total. The summed E-state index contributed by atoms with van der Waals surface area (Å²) in [6.07, 6.45) is 3.95. The first-order valence-electron chi connectivity index (χ1n) is 16.4. The molecule has 5 rings (SSSR count). The molecule has 0 radical (unpaired) electrons. The highest BCUT2D eigenvalue weighted by Crippen LogP contribution is 2.32. The zero-order valence-corrected chi connectivity index (χ0v) is 28.3. The summed E-state index contributed by atoms with van der Waals surface area (Å²) in [4.78, 5) is 71.6. The monoisotopic (exact) mass is 666 g/mol. The van der Waals surface area contributed by atoms with Crippen molar-refractivity contribution < 1.29 is 28.7 Å². The maximum atomic E-state index is 13.0. The molecule has 1 aliphatic carbocycles. The minimum Gasteiger partial charge on any atom is -0.444 e. The minimum atomic E-state index is -1.41. The van der Waals surface area contributed by atoms with Crippen molar-refractivity contribution in [3.8, 4) is 5.69 Å². The van der Waals surface area contributed by atoms with Gasteiger partial charge in [-0.2, -0.15) is 4.98 Å². The van der Waals surface area contributed by atoms with Gasteiger partial charge in [-0.1, -0.05) is 6.07 Å². The van der Waals surface area contributed by atoms with Crippen molar-refractivity contribution in [2.24, 2.45) is 5.73 Å². The molecule has 2 aromatic rings. The van der Waals surface area contributed by atoms with Gasteiger partial charge in [0.25, 0.3) is 5.91 Å². The van der Waals surface area contributed by atoms with E-state index >= 15 is 0 Å². The number of alkyl carbamates (subject to hydrolysis) is 1. The van der Waals surface area contributed by atoms with Crippen LogP contribution >= 0.6 is 0 Å². The van der Waals surface area contributed by atoms with E-state index in [0.717, 1.165) is 44.3 Å². The van der Waals surface area contributed by atoms with E-state index in [-0.39, 0.29) is 44.1 Å². The molecule has 15 heteroatoms. The first-order chi connectivity index (χ1) is 22.6. The average Bonchev–Trinajstić information content (AvgIpc) is 3.43. The molecule has 1 saturated carbocycles. The smallest absolute Gasteiger partial charge is 0.407 e. The second-order valence-electron chi connectivity index (χ2n) is 14.1. The number of nitrogens with one attached hydrogen (secondary N) is 2. The number of anilines is 1. The molecule has 1 saturated heterocycles. The summed E-state index contributed by atoms with van der Waals surface area (Å²) in [6.45, 7) is 11.1. The SMILES string of the molecule is CC(C)(C)OC(=O)N[C@H]1CC[C@H](N2Cc3ccc(-n4ccc(NC(=O)N5CCN(C(=O)C(C)(C)OC(N)=O)CC5)nc4=O)cc3C2)CC1. The van der Waals surface area contributed by atoms with E-state index in [0.29, 0.717) is 11.7 Å². The van der Waals surface area contributed by atoms with E-state index in [4.69, 9.17) is 15.2 Å². The predicted octanol–water partition coefficient (Wildman–Crippen LogP) is 2.93. The Morgan fingerprint density at radius 3 is 2.15 bits per heavy atom. The molecular formula is C33H46N8O7. The normalized spacial score (nSPS) is 20.1. The number of hydrogen-bond donors (Lipinski definition) is 3. The standard InChI is InChI=1S/C33H46N8O7/c1-32(2,3)48-31(46)35-23-7-10-24(11-8-23)40-19-21-6-9-25(18-22(21)20-40)41-13-12-26(37-30(41)45)36-29(44)39-16-14-38(15-17-39)27(42)33(4,5)47-28(34)43/h6,9,12-13,18,23-24H,7-8,10-11,14-17,19-20H2,1-5H3,(H2,34,43)(H,35,46)(H,36,37,44,45)/t23-,24-. The van der Waals surface area contributed by atoms with Crippen LogP contribution in [0, 0.1) is 0 Å². The van der Waals surface area contributed by atoms with Gasteiger partial charge in [-0.25, -0.2) is 19.2 Å². The lowest BCUT2D eigenvalue weighted by atomic mass is 9.90. The number of nitrogens with zero attached hydrogens (tertiary/aromatic N) is 5. The van der Waals surface area contributed by atoms with Crippen molar-refractivity contribution >= 4 is 29.9 Å². The summed E-state index contributed by atoms with van der Waals surface area (Å²) >= 11 is 0. The molecule has 1 aromatic carbocycles. The number of carbonyl (C=O) groups excluding carboxylic acids is 4. The fourth-order valence-corrected chi connectivity index (χ4v) is 6.52. The number of benzene rings is 1. The number of piperazine rings is 1. The van der Waals surface area contributed by atoms with E-state index in [9.17, 15) is 24.0 Å². The number of ether oxygens (including phenoxy) is 2. The first kappa shape index (κ1) is 34.7. The van der Waals surface area contributed by atoms with Crippen LogP contribution in [0.15, 0.2) is 35.3 Å². The van der Waals surface area contributed by atoms with Crippen molar-refractivity contribution in [3.63, 3.8) is 0 Å². The Kier molecular flexibility index (Phi) is 9.99. The lowest BCUT2D eigenvalue weighted by Crippen LogP contribution is -2.56.